The first-order valence-corrected chi connectivity index (χ1v) is 12.2. The van der Waals surface area contributed by atoms with Crippen molar-refractivity contribution >= 4 is 27.9 Å². The number of benzene rings is 1. The number of carbonyl (C=O) groups is 2. The Labute approximate surface area is 177 Å². The van der Waals surface area contributed by atoms with Gasteiger partial charge in [-0.2, -0.15) is 4.72 Å². The summed E-state index contributed by atoms with van der Waals surface area (Å²) in [7, 11) is -3.80. The van der Waals surface area contributed by atoms with Gasteiger partial charge in [-0.1, -0.05) is 30.3 Å². The van der Waals surface area contributed by atoms with Crippen LogP contribution < -0.4 is 15.6 Å². The van der Waals surface area contributed by atoms with E-state index in [0.717, 1.165) is 30.2 Å². The molecule has 3 N–H and O–H groups in total. The van der Waals surface area contributed by atoms with Gasteiger partial charge in [0, 0.05) is 5.41 Å². The Kier molecular flexibility index (Phi) is 5.72. The van der Waals surface area contributed by atoms with Crippen molar-refractivity contribution in [3.63, 3.8) is 0 Å². The van der Waals surface area contributed by atoms with Gasteiger partial charge in [0.15, 0.2) is 0 Å². The standard InChI is InChI=1S/C22H29N3O4S/c1-15(25-30(28,29)8-7-16-5-3-2-4-6-16)20(26)23-24-21(27)22-12-17-9-18(13-22)11-19(10-17)14-22/h2-8,15,17-19,25H,9-14H2,1H3,(H,23,26)(H,24,27). The first kappa shape index (κ1) is 21.1. The van der Waals surface area contributed by atoms with E-state index in [1.165, 1.54) is 32.3 Å². The molecular weight excluding hydrogens is 402 g/mol. The fraction of sp³-hybridized carbons (Fsp3) is 0.545. The molecule has 0 heterocycles. The second kappa shape index (κ2) is 8.15. The van der Waals surface area contributed by atoms with Gasteiger partial charge in [0.25, 0.3) is 5.91 Å². The quantitative estimate of drug-likeness (QED) is 0.601. The second-order valence-electron chi connectivity index (χ2n) is 9.24. The Morgan fingerprint density at radius 3 is 2.13 bits per heavy atom. The average molecular weight is 432 g/mol. The fourth-order valence-corrected chi connectivity index (χ4v) is 6.83. The minimum Gasteiger partial charge on any atom is -0.273 e. The monoisotopic (exact) mass is 431 g/mol. The topological polar surface area (TPSA) is 104 Å². The van der Waals surface area contributed by atoms with E-state index in [-0.39, 0.29) is 11.3 Å². The molecule has 4 aliphatic carbocycles. The highest BCUT2D eigenvalue weighted by molar-refractivity contribution is 7.92. The maximum atomic E-state index is 12.9. The maximum absolute atomic E-state index is 12.9. The first-order valence-electron chi connectivity index (χ1n) is 10.6. The molecule has 8 heteroatoms. The van der Waals surface area contributed by atoms with Crippen LogP contribution >= 0.6 is 0 Å². The van der Waals surface area contributed by atoms with Crippen LogP contribution in [0.2, 0.25) is 0 Å². The van der Waals surface area contributed by atoms with Crippen molar-refractivity contribution in [1.29, 1.82) is 0 Å². The van der Waals surface area contributed by atoms with Gasteiger partial charge >= 0.3 is 0 Å². The molecule has 0 radical (unpaired) electrons. The molecule has 1 aromatic carbocycles. The number of nitrogens with one attached hydrogen (secondary N) is 3. The first-order chi connectivity index (χ1) is 14.2. The Bertz CT molecular complexity index is 907. The van der Waals surface area contributed by atoms with Gasteiger partial charge in [-0.25, -0.2) is 8.42 Å². The molecule has 2 amide bonds. The summed E-state index contributed by atoms with van der Waals surface area (Å²) in [5.41, 5.74) is 5.35. The fourth-order valence-electron chi connectivity index (χ4n) is 5.82. The van der Waals surface area contributed by atoms with Gasteiger partial charge in [-0.05, 0) is 74.8 Å². The Hall–Kier alpha value is -2.19. The van der Waals surface area contributed by atoms with Crippen LogP contribution in [0.4, 0.5) is 0 Å². The van der Waals surface area contributed by atoms with Gasteiger partial charge in [0.1, 0.15) is 0 Å². The predicted molar refractivity (Wildman–Crippen MR) is 114 cm³/mol. The third-order valence-electron chi connectivity index (χ3n) is 6.79. The molecule has 0 aliphatic heterocycles. The van der Waals surface area contributed by atoms with E-state index in [1.807, 2.05) is 18.2 Å². The summed E-state index contributed by atoms with van der Waals surface area (Å²) >= 11 is 0. The van der Waals surface area contributed by atoms with E-state index in [1.54, 1.807) is 12.1 Å². The molecule has 30 heavy (non-hydrogen) atoms. The molecule has 4 aliphatic rings. The lowest BCUT2D eigenvalue weighted by atomic mass is 9.49. The molecular formula is C22H29N3O4S. The summed E-state index contributed by atoms with van der Waals surface area (Å²) in [6, 6.07) is 8.00. The van der Waals surface area contributed by atoms with Crippen molar-refractivity contribution in [2.75, 3.05) is 0 Å². The van der Waals surface area contributed by atoms with Crippen LogP contribution in [-0.2, 0) is 19.6 Å². The van der Waals surface area contributed by atoms with Crippen molar-refractivity contribution in [3.8, 4) is 0 Å². The molecule has 162 valence electrons. The minimum atomic E-state index is -3.80. The number of carbonyl (C=O) groups excluding carboxylic acids is 2. The van der Waals surface area contributed by atoms with E-state index >= 15 is 0 Å². The highest BCUT2D eigenvalue weighted by Crippen LogP contribution is 2.60. The lowest BCUT2D eigenvalue weighted by Gasteiger charge is -2.55. The molecule has 1 unspecified atom stereocenters. The van der Waals surface area contributed by atoms with Crippen LogP contribution in [0, 0.1) is 23.2 Å². The zero-order chi connectivity index (χ0) is 21.4. The molecule has 5 rings (SSSR count). The van der Waals surface area contributed by atoms with Gasteiger partial charge in [-0.3, -0.25) is 20.4 Å². The summed E-state index contributed by atoms with van der Waals surface area (Å²) in [6.07, 6.45) is 7.84. The van der Waals surface area contributed by atoms with Crippen LogP contribution in [-0.4, -0.2) is 26.3 Å². The average Bonchev–Trinajstić information content (AvgIpc) is 2.69. The van der Waals surface area contributed by atoms with E-state index in [2.05, 4.69) is 15.6 Å². The number of hydrogen-bond donors (Lipinski definition) is 3. The minimum absolute atomic E-state index is 0.131. The number of hydrazine groups is 1. The predicted octanol–water partition coefficient (Wildman–Crippen LogP) is 2.33. The SMILES string of the molecule is CC(NS(=O)(=O)C=Cc1ccccc1)C(=O)NNC(=O)C12CC3CC(CC(C3)C1)C2. The largest absolute Gasteiger partial charge is 0.273 e. The summed E-state index contributed by atoms with van der Waals surface area (Å²) in [6.45, 7) is 1.44. The van der Waals surface area contributed by atoms with Crippen molar-refractivity contribution in [3.05, 3.63) is 41.3 Å². The molecule has 4 bridgehead atoms. The number of sulfonamides is 1. The lowest BCUT2D eigenvalue weighted by molar-refractivity contribution is -0.149. The molecule has 7 nitrogen and oxygen atoms in total. The smallest absolute Gasteiger partial charge is 0.256 e. The lowest BCUT2D eigenvalue weighted by Crippen LogP contribution is -2.58. The van der Waals surface area contributed by atoms with Crippen molar-refractivity contribution in [1.82, 2.24) is 15.6 Å². The van der Waals surface area contributed by atoms with Crippen molar-refractivity contribution in [2.24, 2.45) is 23.2 Å². The third kappa shape index (κ3) is 4.59. The molecule has 0 aromatic heterocycles. The molecule has 1 aromatic rings. The van der Waals surface area contributed by atoms with E-state index in [0.29, 0.717) is 17.8 Å². The second-order valence-corrected chi connectivity index (χ2v) is 10.8. The third-order valence-corrected chi connectivity index (χ3v) is 7.97. The van der Waals surface area contributed by atoms with E-state index < -0.39 is 22.0 Å². The molecule has 0 saturated heterocycles. The van der Waals surface area contributed by atoms with Gasteiger partial charge < -0.3 is 0 Å². The highest BCUT2D eigenvalue weighted by atomic mass is 32.2. The van der Waals surface area contributed by atoms with Crippen LogP contribution in [0.1, 0.15) is 51.0 Å². The summed E-state index contributed by atoms with van der Waals surface area (Å²) in [5.74, 6) is 1.15. The highest BCUT2D eigenvalue weighted by Gasteiger charge is 2.54. The summed E-state index contributed by atoms with van der Waals surface area (Å²) in [4.78, 5) is 25.2. The van der Waals surface area contributed by atoms with Crippen molar-refractivity contribution < 1.29 is 18.0 Å². The van der Waals surface area contributed by atoms with Crippen molar-refractivity contribution in [2.45, 2.75) is 51.5 Å². The van der Waals surface area contributed by atoms with E-state index in [4.69, 9.17) is 0 Å². The van der Waals surface area contributed by atoms with E-state index in [9.17, 15) is 18.0 Å². The normalized spacial score (nSPS) is 30.9. The van der Waals surface area contributed by atoms with Crippen LogP contribution in [0.15, 0.2) is 35.7 Å². The van der Waals surface area contributed by atoms with Crippen LogP contribution in [0.3, 0.4) is 0 Å². The number of hydrogen-bond acceptors (Lipinski definition) is 4. The molecule has 1 atom stereocenters. The number of rotatable bonds is 6. The Balaban J connectivity index is 1.29. The molecule has 4 saturated carbocycles. The Morgan fingerprint density at radius 2 is 1.57 bits per heavy atom. The summed E-state index contributed by atoms with van der Waals surface area (Å²) < 4.78 is 26.7. The van der Waals surface area contributed by atoms with Crippen LogP contribution in [0.5, 0.6) is 0 Å². The summed E-state index contributed by atoms with van der Waals surface area (Å²) in [5, 5.41) is 1.03. The maximum Gasteiger partial charge on any atom is 0.256 e. The number of amides is 2. The van der Waals surface area contributed by atoms with Gasteiger partial charge in [0.05, 0.1) is 11.5 Å². The van der Waals surface area contributed by atoms with Gasteiger partial charge in [0.2, 0.25) is 15.9 Å². The van der Waals surface area contributed by atoms with Crippen LogP contribution in [0.25, 0.3) is 6.08 Å². The molecule has 0 spiro atoms. The zero-order valence-electron chi connectivity index (χ0n) is 17.1. The van der Waals surface area contributed by atoms with Gasteiger partial charge in [-0.15, -0.1) is 0 Å². The zero-order valence-corrected chi connectivity index (χ0v) is 18.0. The Morgan fingerprint density at radius 1 is 1.00 bits per heavy atom. The molecule has 4 fully saturated rings.